The van der Waals surface area contributed by atoms with Crippen molar-refractivity contribution in [1.29, 1.82) is 0 Å². The highest BCUT2D eigenvalue weighted by atomic mass is 32.1. The van der Waals surface area contributed by atoms with E-state index in [0.717, 1.165) is 27.4 Å². The molecule has 5 nitrogen and oxygen atoms in total. The van der Waals surface area contributed by atoms with Crippen molar-refractivity contribution in [1.82, 2.24) is 20.6 Å². The summed E-state index contributed by atoms with van der Waals surface area (Å²) in [5.74, 6) is 0.769. The minimum absolute atomic E-state index is 0.689. The van der Waals surface area contributed by atoms with Crippen molar-refractivity contribution in [2.45, 2.75) is 40.8 Å². The quantitative estimate of drug-likeness (QED) is 0.671. The van der Waals surface area contributed by atoms with Gasteiger partial charge in [-0.05, 0) is 27.7 Å². The second-order valence-corrected chi connectivity index (χ2v) is 7.35. The SMILES string of the molecule is CN=C(NCc1nc(C)c(C)s1)NCc1nc(C)c(C)s1. The van der Waals surface area contributed by atoms with Crippen LogP contribution in [0.25, 0.3) is 0 Å². The summed E-state index contributed by atoms with van der Waals surface area (Å²) >= 11 is 3.44. The zero-order valence-corrected chi connectivity index (χ0v) is 14.7. The van der Waals surface area contributed by atoms with Crippen molar-refractivity contribution in [3.8, 4) is 0 Å². The molecule has 0 aliphatic carbocycles. The number of aromatic nitrogens is 2. The Kier molecular flexibility index (Phi) is 5.30. The minimum atomic E-state index is 0.689. The van der Waals surface area contributed by atoms with Gasteiger partial charge >= 0.3 is 0 Å². The van der Waals surface area contributed by atoms with E-state index in [1.807, 2.05) is 13.8 Å². The van der Waals surface area contributed by atoms with E-state index in [-0.39, 0.29) is 0 Å². The van der Waals surface area contributed by atoms with Crippen LogP contribution in [-0.2, 0) is 13.1 Å². The minimum Gasteiger partial charge on any atom is -0.350 e. The van der Waals surface area contributed by atoms with Gasteiger partial charge in [-0.15, -0.1) is 22.7 Å². The maximum Gasteiger partial charge on any atom is 0.191 e. The highest BCUT2D eigenvalue weighted by Gasteiger charge is 2.07. The standard InChI is InChI=1S/C14H21N5S2/c1-8-10(3)20-12(18-8)6-16-14(15-5)17-7-13-19-9(2)11(4)21-13/h6-7H2,1-5H3,(H2,15,16,17). The van der Waals surface area contributed by atoms with Gasteiger partial charge in [-0.25, -0.2) is 9.97 Å². The molecule has 2 aromatic rings. The summed E-state index contributed by atoms with van der Waals surface area (Å²) in [5.41, 5.74) is 2.21. The molecule has 0 spiro atoms. The lowest BCUT2D eigenvalue weighted by Crippen LogP contribution is -2.36. The Morgan fingerprint density at radius 3 is 1.62 bits per heavy atom. The van der Waals surface area contributed by atoms with Crippen LogP contribution in [0.2, 0.25) is 0 Å². The van der Waals surface area contributed by atoms with E-state index in [1.54, 1.807) is 29.7 Å². The van der Waals surface area contributed by atoms with Gasteiger partial charge in [-0.2, -0.15) is 0 Å². The first kappa shape index (κ1) is 15.9. The van der Waals surface area contributed by atoms with Gasteiger partial charge in [-0.3, -0.25) is 4.99 Å². The highest BCUT2D eigenvalue weighted by molar-refractivity contribution is 7.11. The fraction of sp³-hybridized carbons (Fsp3) is 0.500. The average Bonchev–Trinajstić information content (AvgIpc) is 2.93. The van der Waals surface area contributed by atoms with Crippen molar-refractivity contribution in [3.63, 3.8) is 0 Å². The van der Waals surface area contributed by atoms with Gasteiger partial charge in [-0.1, -0.05) is 0 Å². The summed E-state index contributed by atoms with van der Waals surface area (Å²) in [4.78, 5) is 15.8. The maximum absolute atomic E-state index is 4.51. The van der Waals surface area contributed by atoms with Crippen LogP contribution < -0.4 is 10.6 Å². The lowest BCUT2D eigenvalue weighted by atomic mass is 10.4. The summed E-state index contributed by atoms with van der Waals surface area (Å²) < 4.78 is 0. The normalized spacial score (nSPS) is 10.5. The lowest BCUT2D eigenvalue weighted by molar-refractivity contribution is 0.798. The van der Waals surface area contributed by atoms with Gasteiger partial charge < -0.3 is 10.6 Å². The van der Waals surface area contributed by atoms with Crippen LogP contribution >= 0.6 is 22.7 Å². The molecule has 0 unspecified atom stereocenters. The van der Waals surface area contributed by atoms with Gasteiger partial charge in [0.15, 0.2) is 5.96 Å². The molecule has 2 aromatic heterocycles. The van der Waals surface area contributed by atoms with Crippen molar-refractivity contribution in [2.24, 2.45) is 4.99 Å². The van der Waals surface area contributed by atoms with E-state index >= 15 is 0 Å². The van der Waals surface area contributed by atoms with E-state index in [9.17, 15) is 0 Å². The van der Waals surface area contributed by atoms with Gasteiger partial charge in [0.2, 0.25) is 0 Å². The number of hydrogen-bond donors (Lipinski definition) is 2. The predicted octanol–water partition coefficient (Wildman–Crippen LogP) is 2.70. The number of guanidine groups is 1. The summed E-state index contributed by atoms with van der Waals surface area (Å²) in [5, 5.41) is 8.72. The number of nitrogens with one attached hydrogen (secondary N) is 2. The first-order valence-electron chi connectivity index (χ1n) is 6.80. The van der Waals surface area contributed by atoms with Crippen LogP contribution in [0.15, 0.2) is 4.99 Å². The molecule has 0 fully saturated rings. The molecule has 0 aliphatic heterocycles. The Hall–Kier alpha value is -1.47. The van der Waals surface area contributed by atoms with Crippen molar-refractivity contribution < 1.29 is 0 Å². The number of thiazole rings is 2. The summed E-state index contributed by atoms with van der Waals surface area (Å²) in [6.07, 6.45) is 0. The first-order chi connectivity index (χ1) is 9.99. The smallest absolute Gasteiger partial charge is 0.191 e. The molecule has 7 heteroatoms. The van der Waals surface area contributed by atoms with Crippen LogP contribution in [0.1, 0.15) is 31.2 Å². The molecule has 0 atom stereocenters. The van der Waals surface area contributed by atoms with Crippen LogP contribution in [0, 0.1) is 27.7 Å². The number of aryl methyl sites for hydroxylation is 4. The molecule has 2 heterocycles. The zero-order valence-electron chi connectivity index (χ0n) is 13.1. The van der Waals surface area contributed by atoms with E-state index in [1.165, 1.54) is 9.75 Å². The van der Waals surface area contributed by atoms with Crippen molar-refractivity contribution in [2.75, 3.05) is 7.05 Å². The monoisotopic (exact) mass is 323 g/mol. The largest absolute Gasteiger partial charge is 0.350 e. The maximum atomic E-state index is 4.51. The highest BCUT2D eigenvalue weighted by Crippen LogP contribution is 2.17. The molecule has 0 radical (unpaired) electrons. The Morgan fingerprint density at radius 2 is 1.33 bits per heavy atom. The number of hydrogen-bond acceptors (Lipinski definition) is 5. The molecule has 0 amide bonds. The fourth-order valence-corrected chi connectivity index (χ4v) is 3.52. The third-order valence-electron chi connectivity index (χ3n) is 3.18. The van der Waals surface area contributed by atoms with E-state index in [0.29, 0.717) is 13.1 Å². The van der Waals surface area contributed by atoms with Gasteiger partial charge in [0.05, 0.1) is 24.5 Å². The molecule has 114 valence electrons. The number of nitrogens with zero attached hydrogens (tertiary/aromatic N) is 3. The van der Waals surface area contributed by atoms with Gasteiger partial charge in [0, 0.05) is 16.8 Å². The summed E-state index contributed by atoms with van der Waals surface area (Å²) in [6.45, 7) is 9.64. The Bertz CT molecular complexity index is 551. The van der Waals surface area contributed by atoms with Crippen molar-refractivity contribution >= 4 is 28.6 Å². The first-order valence-corrected chi connectivity index (χ1v) is 8.43. The van der Waals surface area contributed by atoms with E-state index in [4.69, 9.17) is 0 Å². The van der Waals surface area contributed by atoms with E-state index < -0.39 is 0 Å². The second kappa shape index (κ2) is 7.00. The molecule has 0 aromatic carbocycles. The zero-order chi connectivity index (χ0) is 15.4. The van der Waals surface area contributed by atoms with Crippen LogP contribution in [-0.4, -0.2) is 23.0 Å². The molecule has 21 heavy (non-hydrogen) atoms. The second-order valence-electron chi connectivity index (χ2n) is 4.78. The molecule has 0 aliphatic rings. The summed E-state index contributed by atoms with van der Waals surface area (Å²) in [6, 6.07) is 0. The molecule has 0 bridgehead atoms. The van der Waals surface area contributed by atoms with Crippen LogP contribution in [0.5, 0.6) is 0 Å². The molecular formula is C14H21N5S2. The summed E-state index contributed by atoms with van der Waals surface area (Å²) in [7, 11) is 1.77. The molecule has 2 rings (SSSR count). The Labute approximate surface area is 133 Å². The van der Waals surface area contributed by atoms with E-state index in [2.05, 4.69) is 39.4 Å². The number of rotatable bonds is 4. The molecular weight excluding hydrogens is 302 g/mol. The van der Waals surface area contributed by atoms with Gasteiger partial charge in [0.25, 0.3) is 0 Å². The fourth-order valence-electron chi connectivity index (χ4n) is 1.77. The average molecular weight is 323 g/mol. The van der Waals surface area contributed by atoms with Crippen molar-refractivity contribution in [3.05, 3.63) is 31.2 Å². The number of aliphatic imine (C=N–C) groups is 1. The Morgan fingerprint density at radius 1 is 0.905 bits per heavy atom. The van der Waals surface area contributed by atoms with Crippen LogP contribution in [0.4, 0.5) is 0 Å². The molecule has 2 N–H and O–H groups in total. The topological polar surface area (TPSA) is 62.2 Å². The Balaban J connectivity index is 1.86. The molecule has 0 saturated carbocycles. The van der Waals surface area contributed by atoms with Gasteiger partial charge in [0.1, 0.15) is 10.0 Å². The third-order valence-corrected chi connectivity index (χ3v) is 5.33. The lowest BCUT2D eigenvalue weighted by Gasteiger charge is -2.09. The molecule has 0 saturated heterocycles. The third kappa shape index (κ3) is 4.25. The van der Waals surface area contributed by atoms with Crippen LogP contribution in [0.3, 0.4) is 0 Å². The predicted molar refractivity (Wildman–Crippen MR) is 90.2 cm³/mol.